The largest absolute Gasteiger partial charge is 0.494 e. The molecule has 200 valence electrons. The second-order valence-electron chi connectivity index (χ2n) is 8.42. The summed E-state index contributed by atoms with van der Waals surface area (Å²) in [4.78, 5) is 25.7. The van der Waals surface area contributed by atoms with Crippen LogP contribution in [0.15, 0.2) is 71.2 Å². The van der Waals surface area contributed by atoms with E-state index in [-0.39, 0.29) is 16.9 Å². The van der Waals surface area contributed by atoms with Crippen LogP contribution < -0.4 is 25.4 Å². The molecule has 3 rings (SSSR count). The van der Waals surface area contributed by atoms with Crippen LogP contribution in [0, 0.1) is 0 Å². The molecule has 0 radical (unpaired) electrons. The highest BCUT2D eigenvalue weighted by Crippen LogP contribution is 2.26. The number of amides is 2. The van der Waals surface area contributed by atoms with Crippen LogP contribution in [-0.4, -0.2) is 30.1 Å². The summed E-state index contributed by atoms with van der Waals surface area (Å²) in [6.45, 7) is 5.27. The average Bonchev–Trinajstić information content (AvgIpc) is 2.90. The molecule has 0 saturated heterocycles. The minimum atomic E-state index is -0.381. The molecule has 0 heterocycles. The van der Waals surface area contributed by atoms with Gasteiger partial charge in [-0.1, -0.05) is 38.3 Å². The topological polar surface area (TPSA) is 88.7 Å². The van der Waals surface area contributed by atoms with Gasteiger partial charge in [0, 0.05) is 11.3 Å². The van der Waals surface area contributed by atoms with Gasteiger partial charge >= 0.3 is 0 Å². The smallest absolute Gasteiger partial charge is 0.257 e. The van der Waals surface area contributed by atoms with Crippen molar-refractivity contribution in [2.75, 3.05) is 23.8 Å². The SMILES string of the molecule is CCCCCCOc1ccc(C(=O)NC(=S)Nc2ccccc2C(=O)Nc2ccc(OCC)cc2)cc1Br. The van der Waals surface area contributed by atoms with E-state index < -0.39 is 0 Å². The van der Waals surface area contributed by atoms with E-state index in [2.05, 4.69) is 38.8 Å². The van der Waals surface area contributed by atoms with Crippen molar-refractivity contribution in [3.05, 3.63) is 82.3 Å². The Morgan fingerprint density at radius 2 is 1.63 bits per heavy atom. The molecule has 0 spiro atoms. The fourth-order valence-corrected chi connectivity index (χ4v) is 4.28. The van der Waals surface area contributed by atoms with E-state index >= 15 is 0 Å². The summed E-state index contributed by atoms with van der Waals surface area (Å²) in [5.74, 6) is 0.714. The third-order valence-electron chi connectivity index (χ3n) is 5.52. The molecular weight excluding hydrogens is 566 g/mol. The summed E-state index contributed by atoms with van der Waals surface area (Å²) in [5.41, 5.74) is 1.89. The predicted molar refractivity (Wildman–Crippen MR) is 159 cm³/mol. The number of carbonyl (C=O) groups is 2. The van der Waals surface area contributed by atoms with E-state index in [4.69, 9.17) is 21.7 Å². The lowest BCUT2D eigenvalue weighted by Crippen LogP contribution is -2.34. The Morgan fingerprint density at radius 3 is 2.34 bits per heavy atom. The highest BCUT2D eigenvalue weighted by atomic mass is 79.9. The van der Waals surface area contributed by atoms with Gasteiger partial charge in [-0.25, -0.2) is 0 Å². The van der Waals surface area contributed by atoms with Crippen LogP contribution in [0.2, 0.25) is 0 Å². The van der Waals surface area contributed by atoms with E-state index in [1.165, 1.54) is 12.8 Å². The Labute approximate surface area is 237 Å². The minimum absolute atomic E-state index is 0.0729. The third kappa shape index (κ3) is 8.85. The Morgan fingerprint density at radius 1 is 0.868 bits per heavy atom. The van der Waals surface area contributed by atoms with Crippen LogP contribution in [-0.2, 0) is 0 Å². The molecule has 38 heavy (non-hydrogen) atoms. The summed E-state index contributed by atoms with van der Waals surface area (Å²) in [6, 6.07) is 19.2. The predicted octanol–water partition coefficient (Wildman–Crippen LogP) is 7.19. The van der Waals surface area contributed by atoms with Crippen molar-refractivity contribution in [1.82, 2.24) is 5.32 Å². The minimum Gasteiger partial charge on any atom is -0.494 e. The molecule has 0 aromatic heterocycles. The Hall–Kier alpha value is -3.43. The molecule has 0 aliphatic heterocycles. The van der Waals surface area contributed by atoms with Crippen LogP contribution >= 0.6 is 28.1 Å². The first-order chi connectivity index (χ1) is 18.4. The molecule has 0 fully saturated rings. The Kier molecular flexibility index (Phi) is 11.6. The lowest BCUT2D eigenvalue weighted by atomic mass is 10.1. The monoisotopic (exact) mass is 597 g/mol. The number of carbonyl (C=O) groups excluding carboxylic acids is 2. The third-order valence-corrected chi connectivity index (χ3v) is 6.34. The summed E-state index contributed by atoms with van der Waals surface area (Å²) in [5, 5.41) is 8.56. The van der Waals surface area contributed by atoms with Gasteiger partial charge in [-0.15, -0.1) is 0 Å². The Bertz CT molecular complexity index is 1250. The molecule has 3 aromatic rings. The van der Waals surface area contributed by atoms with Crippen molar-refractivity contribution in [2.24, 2.45) is 0 Å². The maximum Gasteiger partial charge on any atom is 0.257 e. The molecule has 2 amide bonds. The molecule has 9 heteroatoms. The molecule has 0 saturated carbocycles. The van der Waals surface area contributed by atoms with E-state index in [1.54, 1.807) is 66.7 Å². The van der Waals surface area contributed by atoms with Gasteiger partial charge < -0.3 is 20.1 Å². The average molecular weight is 599 g/mol. The second-order valence-corrected chi connectivity index (χ2v) is 9.68. The van der Waals surface area contributed by atoms with E-state index in [1.807, 2.05) is 6.92 Å². The molecule has 3 N–H and O–H groups in total. The first-order valence-corrected chi connectivity index (χ1v) is 13.8. The van der Waals surface area contributed by atoms with Gasteiger partial charge in [-0.3, -0.25) is 14.9 Å². The zero-order valence-corrected chi connectivity index (χ0v) is 23.9. The lowest BCUT2D eigenvalue weighted by Gasteiger charge is -2.14. The van der Waals surface area contributed by atoms with Crippen LogP contribution in [0.4, 0.5) is 11.4 Å². The normalized spacial score (nSPS) is 10.4. The first kappa shape index (κ1) is 29.1. The fraction of sp³-hybridized carbons (Fsp3) is 0.276. The molecule has 0 atom stereocenters. The van der Waals surface area contributed by atoms with Crippen molar-refractivity contribution >= 4 is 56.4 Å². The summed E-state index contributed by atoms with van der Waals surface area (Å²) in [7, 11) is 0. The Balaban J connectivity index is 1.58. The molecule has 0 aliphatic rings. The number of anilines is 2. The number of thiocarbonyl (C=S) groups is 1. The zero-order chi connectivity index (χ0) is 27.3. The number of para-hydroxylation sites is 1. The zero-order valence-electron chi connectivity index (χ0n) is 21.5. The molecule has 0 aliphatic carbocycles. The number of hydrogen-bond acceptors (Lipinski definition) is 5. The quantitative estimate of drug-likeness (QED) is 0.151. The number of rotatable bonds is 12. The maximum absolute atomic E-state index is 12.9. The number of ether oxygens (including phenoxy) is 2. The summed E-state index contributed by atoms with van der Waals surface area (Å²) >= 11 is 8.83. The van der Waals surface area contributed by atoms with Crippen molar-refractivity contribution in [2.45, 2.75) is 39.5 Å². The molecular formula is C29H32BrN3O4S. The summed E-state index contributed by atoms with van der Waals surface area (Å²) in [6.07, 6.45) is 4.48. The first-order valence-electron chi connectivity index (χ1n) is 12.6. The standard InChI is InChI=1S/C29H32BrN3O4S/c1-3-5-6-9-18-37-26-17-12-20(19-24(26)30)27(34)33-29(38)32-25-11-8-7-10-23(25)28(35)31-21-13-15-22(16-14-21)36-4-2/h7-8,10-17,19H,3-6,9,18H2,1-2H3,(H,31,35)(H2,32,33,34,38). The van der Waals surface area contributed by atoms with Gasteiger partial charge in [-0.2, -0.15) is 0 Å². The van der Waals surface area contributed by atoms with Crippen molar-refractivity contribution in [1.29, 1.82) is 0 Å². The fourth-order valence-electron chi connectivity index (χ4n) is 3.59. The molecule has 0 bridgehead atoms. The number of halogens is 1. The number of benzene rings is 3. The second kappa shape index (κ2) is 15.1. The van der Waals surface area contributed by atoms with Crippen molar-refractivity contribution in [3.63, 3.8) is 0 Å². The molecule has 7 nitrogen and oxygen atoms in total. The van der Waals surface area contributed by atoms with Gasteiger partial charge in [0.1, 0.15) is 11.5 Å². The highest BCUT2D eigenvalue weighted by molar-refractivity contribution is 9.10. The van der Waals surface area contributed by atoms with E-state index in [0.717, 1.165) is 18.6 Å². The molecule has 3 aromatic carbocycles. The number of hydrogen-bond donors (Lipinski definition) is 3. The van der Waals surface area contributed by atoms with Gasteiger partial charge in [0.2, 0.25) is 0 Å². The number of nitrogens with one attached hydrogen (secondary N) is 3. The van der Waals surface area contributed by atoms with Gasteiger partial charge in [-0.05, 0) is 96.1 Å². The van der Waals surface area contributed by atoms with Crippen LogP contribution in [0.3, 0.4) is 0 Å². The van der Waals surface area contributed by atoms with Crippen molar-refractivity contribution in [3.8, 4) is 11.5 Å². The molecule has 0 unspecified atom stereocenters. The van der Waals surface area contributed by atoms with Crippen molar-refractivity contribution < 1.29 is 19.1 Å². The van der Waals surface area contributed by atoms with Gasteiger partial charge in [0.25, 0.3) is 11.8 Å². The number of unbranched alkanes of at least 4 members (excludes halogenated alkanes) is 3. The van der Waals surface area contributed by atoms with Crippen LogP contribution in [0.5, 0.6) is 11.5 Å². The maximum atomic E-state index is 12.9. The van der Waals surface area contributed by atoms with E-state index in [9.17, 15) is 9.59 Å². The van der Waals surface area contributed by atoms with Crippen LogP contribution in [0.25, 0.3) is 0 Å². The van der Waals surface area contributed by atoms with E-state index in [0.29, 0.717) is 45.9 Å². The van der Waals surface area contributed by atoms with Gasteiger partial charge in [0.05, 0.1) is 28.9 Å². The van der Waals surface area contributed by atoms with Gasteiger partial charge in [0.15, 0.2) is 5.11 Å². The summed E-state index contributed by atoms with van der Waals surface area (Å²) < 4.78 is 11.9. The highest BCUT2D eigenvalue weighted by Gasteiger charge is 2.15. The van der Waals surface area contributed by atoms with Crippen LogP contribution in [0.1, 0.15) is 60.2 Å². The lowest BCUT2D eigenvalue weighted by molar-refractivity contribution is 0.0976.